The molecule has 0 saturated carbocycles. The van der Waals surface area contributed by atoms with Gasteiger partial charge >= 0.3 is 0 Å². The molecule has 3 aromatic rings. The molecule has 1 aliphatic heterocycles. The molecule has 0 spiro atoms. The first-order valence-electron chi connectivity index (χ1n) is 9.13. The molecule has 29 heavy (non-hydrogen) atoms. The van der Waals surface area contributed by atoms with Gasteiger partial charge in [-0.2, -0.15) is 4.68 Å². The Hall–Kier alpha value is -3.00. The van der Waals surface area contributed by atoms with Crippen molar-refractivity contribution in [1.82, 2.24) is 9.66 Å². The molecule has 1 saturated heterocycles. The summed E-state index contributed by atoms with van der Waals surface area (Å²) in [5, 5.41) is 0.751. The average molecular weight is 419 g/mol. The summed E-state index contributed by atoms with van der Waals surface area (Å²) in [6.45, 7) is 1.40. The van der Waals surface area contributed by atoms with Gasteiger partial charge in [0, 0.05) is 24.2 Å². The summed E-state index contributed by atoms with van der Waals surface area (Å²) in [5.41, 5.74) is 2.68. The average Bonchev–Trinajstić information content (AvgIpc) is 3.17. The van der Waals surface area contributed by atoms with Crippen molar-refractivity contribution in [3.63, 3.8) is 0 Å². The molecule has 1 fully saturated rings. The van der Waals surface area contributed by atoms with Crippen LogP contribution in [0.2, 0.25) is 5.02 Å². The van der Waals surface area contributed by atoms with E-state index in [0.717, 1.165) is 35.7 Å². The standard InChI is InChI=1S/C20H17ClF2N4O2/c21-13-3-4-16-17(10-13)24-20(26-5-1-2-6-26)27(19(16)29)25-18(28)9-12-7-14(22)11-15(23)8-12/h3-4,7-8,10-11H,1-2,5-6,9H2,(H,25,28). The number of nitrogens with zero attached hydrogens (tertiary/aromatic N) is 3. The molecule has 0 aliphatic carbocycles. The first-order chi connectivity index (χ1) is 13.9. The topological polar surface area (TPSA) is 67.2 Å². The van der Waals surface area contributed by atoms with Crippen LogP contribution in [0.15, 0.2) is 41.2 Å². The summed E-state index contributed by atoms with van der Waals surface area (Å²) in [5.74, 6) is -1.83. The molecule has 0 unspecified atom stereocenters. The van der Waals surface area contributed by atoms with E-state index in [1.54, 1.807) is 18.2 Å². The zero-order chi connectivity index (χ0) is 20.5. The first kappa shape index (κ1) is 19.3. The van der Waals surface area contributed by atoms with E-state index in [9.17, 15) is 18.4 Å². The molecule has 1 aromatic heterocycles. The van der Waals surface area contributed by atoms with Gasteiger partial charge in [-0.05, 0) is 48.7 Å². The summed E-state index contributed by atoms with van der Waals surface area (Å²) in [7, 11) is 0. The van der Waals surface area contributed by atoms with E-state index in [4.69, 9.17) is 11.6 Å². The maximum absolute atomic E-state index is 13.4. The van der Waals surface area contributed by atoms with Gasteiger partial charge in [-0.25, -0.2) is 13.8 Å². The molecule has 2 heterocycles. The molecule has 6 nitrogen and oxygen atoms in total. The number of carbonyl (C=O) groups excluding carboxylic acids is 1. The van der Waals surface area contributed by atoms with Crippen molar-refractivity contribution in [1.29, 1.82) is 0 Å². The second-order valence-electron chi connectivity index (χ2n) is 6.90. The fourth-order valence-corrected chi connectivity index (χ4v) is 3.61. The fraction of sp³-hybridized carbons (Fsp3) is 0.250. The Kier molecular flexibility index (Phi) is 5.19. The third-order valence-electron chi connectivity index (χ3n) is 4.73. The SMILES string of the molecule is O=C(Cc1cc(F)cc(F)c1)Nn1c(N2CCCC2)nc2cc(Cl)ccc2c1=O. The van der Waals surface area contributed by atoms with Crippen LogP contribution in [0.4, 0.5) is 14.7 Å². The highest BCUT2D eigenvalue weighted by atomic mass is 35.5. The van der Waals surface area contributed by atoms with Crippen LogP contribution >= 0.6 is 11.6 Å². The molecule has 1 aliphatic rings. The second-order valence-corrected chi connectivity index (χ2v) is 7.33. The van der Waals surface area contributed by atoms with Crippen molar-refractivity contribution in [2.24, 2.45) is 0 Å². The summed E-state index contributed by atoms with van der Waals surface area (Å²) >= 11 is 6.03. The summed E-state index contributed by atoms with van der Waals surface area (Å²) in [6.07, 6.45) is 1.60. The maximum Gasteiger partial charge on any atom is 0.281 e. The Balaban J connectivity index is 1.72. The van der Waals surface area contributed by atoms with Crippen molar-refractivity contribution >= 4 is 34.4 Å². The predicted octanol–water partition coefficient (Wildman–Crippen LogP) is 3.24. The van der Waals surface area contributed by atoms with Crippen LogP contribution in [0.3, 0.4) is 0 Å². The van der Waals surface area contributed by atoms with Crippen LogP contribution in [0.1, 0.15) is 18.4 Å². The smallest absolute Gasteiger partial charge is 0.281 e. The molecule has 2 aromatic carbocycles. The normalized spacial score (nSPS) is 13.8. The van der Waals surface area contributed by atoms with Gasteiger partial charge in [-0.15, -0.1) is 0 Å². The first-order valence-corrected chi connectivity index (χ1v) is 9.50. The van der Waals surface area contributed by atoms with Crippen molar-refractivity contribution in [3.05, 3.63) is 69.0 Å². The number of halogens is 3. The number of rotatable bonds is 4. The van der Waals surface area contributed by atoms with Crippen LogP contribution in [-0.4, -0.2) is 28.7 Å². The van der Waals surface area contributed by atoms with E-state index in [2.05, 4.69) is 10.4 Å². The Labute approximate surface area is 169 Å². The number of aromatic nitrogens is 2. The molecule has 150 valence electrons. The summed E-state index contributed by atoms with van der Waals surface area (Å²) in [4.78, 5) is 32.0. The fourth-order valence-electron chi connectivity index (χ4n) is 3.44. The minimum Gasteiger partial charge on any atom is -0.341 e. The molecule has 9 heteroatoms. The van der Waals surface area contributed by atoms with Crippen LogP contribution in [0.5, 0.6) is 0 Å². The molecule has 4 rings (SSSR count). The largest absolute Gasteiger partial charge is 0.341 e. The van der Waals surface area contributed by atoms with E-state index in [1.165, 1.54) is 0 Å². The molecule has 1 N–H and O–H groups in total. The van der Waals surface area contributed by atoms with Gasteiger partial charge in [-0.1, -0.05) is 11.6 Å². The van der Waals surface area contributed by atoms with E-state index < -0.39 is 23.1 Å². The Morgan fingerprint density at radius 2 is 1.79 bits per heavy atom. The van der Waals surface area contributed by atoms with E-state index in [1.807, 2.05) is 4.90 Å². The van der Waals surface area contributed by atoms with E-state index >= 15 is 0 Å². The number of hydrogen-bond acceptors (Lipinski definition) is 4. The molecule has 0 radical (unpaired) electrons. The highest BCUT2D eigenvalue weighted by Gasteiger charge is 2.21. The maximum atomic E-state index is 13.4. The molecular formula is C20H17ClF2N4O2. The van der Waals surface area contributed by atoms with Crippen LogP contribution < -0.4 is 15.9 Å². The number of carbonyl (C=O) groups is 1. The quantitative estimate of drug-likeness (QED) is 0.706. The van der Waals surface area contributed by atoms with E-state index in [0.29, 0.717) is 35.0 Å². The van der Waals surface area contributed by atoms with Gasteiger partial charge < -0.3 is 4.90 Å². The van der Waals surface area contributed by atoms with Crippen molar-refractivity contribution < 1.29 is 13.6 Å². The molecular weight excluding hydrogens is 402 g/mol. The van der Waals surface area contributed by atoms with Gasteiger partial charge in [0.15, 0.2) is 0 Å². The monoisotopic (exact) mass is 418 g/mol. The van der Waals surface area contributed by atoms with Gasteiger partial charge in [0.25, 0.3) is 5.56 Å². The lowest BCUT2D eigenvalue weighted by atomic mass is 10.1. The second kappa shape index (κ2) is 7.79. The third-order valence-corrected chi connectivity index (χ3v) is 4.96. The zero-order valence-electron chi connectivity index (χ0n) is 15.3. The predicted molar refractivity (Wildman–Crippen MR) is 107 cm³/mol. The van der Waals surface area contributed by atoms with Gasteiger partial charge in [0.2, 0.25) is 11.9 Å². The summed E-state index contributed by atoms with van der Waals surface area (Å²) < 4.78 is 27.9. The van der Waals surface area contributed by atoms with Crippen LogP contribution in [0, 0.1) is 11.6 Å². The van der Waals surface area contributed by atoms with Gasteiger partial charge in [0.05, 0.1) is 17.3 Å². The Morgan fingerprint density at radius 1 is 1.10 bits per heavy atom. The van der Waals surface area contributed by atoms with Crippen molar-refractivity contribution in [2.45, 2.75) is 19.3 Å². The Morgan fingerprint density at radius 3 is 2.48 bits per heavy atom. The number of benzene rings is 2. The highest BCUT2D eigenvalue weighted by molar-refractivity contribution is 6.31. The lowest BCUT2D eigenvalue weighted by Crippen LogP contribution is -2.39. The lowest BCUT2D eigenvalue weighted by Gasteiger charge is -2.22. The highest BCUT2D eigenvalue weighted by Crippen LogP contribution is 2.21. The number of hydrogen-bond donors (Lipinski definition) is 1. The zero-order valence-corrected chi connectivity index (χ0v) is 16.0. The minimum absolute atomic E-state index is 0.163. The number of amides is 1. The van der Waals surface area contributed by atoms with Crippen LogP contribution in [-0.2, 0) is 11.2 Å². The van der Waals surface area contributed by atoms with Crippen molar-refractivity contribution in [2.75, 3.05) is 23.4 Å². The summed E-state index contributed by atoms with van der Waals surface area (Å²) in [6, 6.07) is 7.60. The molecule has 0 bridgehead atoms. The lowest BCUT2D eigenvalue weighted by molar-refractivity contribution is -0.116. The van der Waals surface area contributed by atoms with Crippen LogP contribution in [0.25, 0.3) is 10.9 Å². The number of nitrogens with one attached hydrogen (secondary N) is 1. The molecule has 1 amide bonds. The Bertz CT molecular complexity index is 1140. The van der Waals surface area contributed by atoms with Gasteiger partial charge in [0.1, 0.15) is 11.6 Å². The third kappa shape index (κ3) is 4.07. The minimum atomic E-state index is -0.771. The van der Waals surface area contributed by atoms with Crippen molar-refractivity contribution in [3.8, 4) is 0 Å². The van der Waals surface area contributed by atoms with Gasteiger partial charge in [-0.3, -0.25) is 15.0 Å². The number of fused-ring (bicyclic) bond motifs is 1. The van der Waals surface area contributed by atoms with E-state index in [-0.39, 0.29) is 12.0 Å². The number of anilines is 1. The molecule has 0 atom stereocenters.